The van der Waals surface area contributed by atoms with E-state index in [1.165, 1.54) is 19.1 Å². The van der Waals surface area contributed by atoms with Gasteiger partial charge >= 0.3 is 58.2 Å². The molecule has 1 fully saturated rings. The Morgan fingerprint density at radius 3 is 1.89 bits per heavy atom. The van der Waals surface area contributed by atoms with Gasteiger partial charge in [0.15, 0.2) is 0 Å². The maximum atomic E-state index is 2.41. The Kier molecular flexibility index (Phi) is 5.51. The van der Waals surface area contributed by atoms with Crippen LogP contribution in [0.5, 0.6) is 0 Å². The normalized spacial score (nSPS) is 21.3. The molecule has 1 heterocycles. The Balaban J connectivity index is 0.000000640. The van der Waals surface area contributed by atoms with Crippen LogP contribution in [-0.4, -0.2) is 18.0 Å². The molecular formula is C7H14NRb. The summed E-state index contributed by atoms with van der Waals surface area (Å²) in [6.45, 7) is 9.20. The molecule has 0 unspecified atom stereocenters. The van der Waals surface area contributed by atoms with Crippen LogP contribution in [0, 0.1) is 12.0 Å². The summed E-state index contributed by atoms with van der Waals surface area (Å²) in [6, 6.07) is 1.46. The van der Waals surface area contributed by atoms with E-state index in [-0.39, 0.29) is 58.2 Å². The fourth-order valence-corrected chi connectivity index (χ4v) is 1.06. The van der Waals surface area contributed by atoms with E-state index in [1.807, 2.05) is 0 Å². The van der Waals surface area contributed by atoms with E-state index in [9.17, 15) is 0 Å². The molecule has 0 saturated carbocycles. The fraction of sp³-hybridized carbons (Fsp3) is 0.857. The van der Waals surface area contributed by atoms with Crippen LogP contribution >= 0.6 is 0 Å². The molecule has 0 radical (unpaired) electrons. The predicted molar refractivity (Wildman–Crippen MR) is 35.3 cm³/mol. The van der Waals surface area contributed by atoms with Crippen LogP contribution in [0.1, 0.15) is 20.8 Å². The molecule has 0 aromatic carbocycles. The molecule has 0 N–H and O–H groups in total. The molecule has 0 amide bonds. The van der Waals surface area contributed by atoms with Crippen molar-refractivity contribution < 1.29 is 58.2 Å². The summed E-state index contributed by atoms with van der Waals surface area (Å²) in [5.74, 6) is 0.935. The average molecular weight is 198 g/mol. The number of hydrogen-bond acceptors (Lipinski definition) is 1. The summed E-state index contributed by atoms with van der Waals surface area (Å²) in [6.07, 6.45) is 0. The van der Waals surface area contributed by atoms with Gasteiger partial charge in [0, 0.05) is 0 Å². The molecule has 48 valence electrons. The van der Waals surface area contributed by atoms with Gasteiger partial charge in [0.2, 0.25) is 0 Å². The zero-order valence-electron chi connectivity index (χ0n) is 6.94. The van der Waals surface area contributed by atoms with Crippen LogP contribution in [0.4, 0.5) is 0 Å². The predicted octanol–water partition coefficient (Wildman–Crippen LogP) is -1.49. The van der Waals surface area contributed by atoms with Gasteiger partial charge in [-0.1, -0.05) is 6.92 Å². The molecule has 9 heavy (non-hydrogen) atoms. The third-order valence-electron chi connectivity index (χ3n) is 1.70. The standard InChI is InChI=1S/C7H14N.Rb/c1-6(2)8-4-7(3)5-8;/h7H,4-5H2,1-3H3;/q-1;+1. The van der Waals surface area contributed by atoms with E-state index < -0.39 is 0 Å². The Hall–Kier alpha value is 1.77. The maximum Gasteiger partial charge on any atom is 1.00 e. The van der Waals surface area contributed by atoms with Crippen LogP contribution < -0.4 is 58.2 Å². The Morgan fingerprint density at radius 2 is 1.78 bits per heavy atom. The average Bonchev–Trinajstić information content (AvgIpc) is 1.57. The van der Waals surface area contributed by atoms with Gasteiger partial charge in [-0.3, -0.25) is 6.04 Å². The van der Waals surface area contributed by atoms with Crippen molar-refractivity contribution in [1.82, 2.24) is 4.90 Å². The van der Waals surface area contributed by atoms with Crippen LogP contribution in [0.2, 0.25) is 0 Å². The molecular weight excluding hydrogens is 184 g/mol. The van der Waals surface area contributed by atoms with Crippen molar-refractivity contribution in [2.24, 2.45) is 5.92 Å². The van der Waals surface area contributed by atoms with Gasteiger partial charge < -0.3 is 4.90 Å². The molecule has 1 aliphatic heterocycles. The van der Waals surface area contributed by atoms with Gasteiger partial charge in [-0.05, 0) is 19.0 Å². The van der Waals surface area contributed by atoms with Crippen molar-refractivity contribution >= 4 is 0 Å². The molecule has 0 aromatic rings. The van der Waals surface area contributed by atoms with Crippen LogP contribution in [0.25, 0.3) is 0 Å². The first-order valence-electron chi connectivity index (χ1n) is 3.25. The summed E-state index contributed by atoms with van der Waals surface area (Å²) in [4.78, 5) is 2.41. The second-order valence-corrected chi connectivity index (χ2v) is 2.96. The van der Waals surface area contributed by atoms with E-state index >= 15 is 0 Å². The van der Waals surface area contributed by atoms with Crippen LogP contribution in [0.3, 0.4) is 0 Å². The Labute approximate surface area is 107 Å². The van der Waals surface area contributed by atoms with Crippen molar-refractivity contribution in [3.8, 4) is 0 Å². The van der Waals surface area contributed by atoms with Gasteiger partial charge in [-0.15, -0.1) is 0 Å². The van der Waals surface area contributed by atoms with E-state index in [4.69, 9.17) is 0 Å². The van der Waals surface area contributed by atoms with Gasteiger partial charge in [0.05, 0.1) is 0 Å². The quantitative estimate of drug-likeness (QED) is 0.464. The first kappa shape index (κ1) is 10.8. The minimum absolute atomic E-state index is 0. The number of rotatable bonds is 1. The SMILES string of the molecule is C[C-](C)N1CC(C)C1.[Rb+]. The molecule has 1 nitrogen and oxygen atoms in total. The van der Waals surface area contributed by atoms with Crippen molar-refractivity contribution in [3.05, 3.63) is 6.04 Å². The topological polar surface area (TPSA) is 3.24 Å². The van der Waals surface area contributed by atoms with Gasteiger partial charge in [-0.25, -0.2) is 0 Å². The van der Waals surface area contributed by atoms with E-state index in [0.29, 0.717) is 0 Å². The summed E-state index contributed by atoms with van der Waals surface area (Å²) in [7, 11) is 0. The van der Waals surface area contributed by atoms with Gasteiger partial charge in [-0.2, -0.15) is 13.8 Å². The summed E-state index contributed by atoms with van der Waals surface area (Å²) >= 11 is 0. The minimum Gasteiger partial charge on any atom is -0.454 e. The maximum absolute atomic E-state index is 2.41. The Morgan fingerprint density at radius 1 is 1.33 bits per heavy atom. The molecule has 0 bridgehead atoms. The first-order chi connectivity index (χ1) is 3.70. The van der Waals surface area contributed by atoms with E-state index in [0.717, 1.165) is 5.92 Å². The largest absolute Gasteiger partial charge is 1.00 e. The molecule has 1 rings (SSSR count). The monoisotopic (exact) mass is 197 g/mol. The molecule has 2 heteroatoms. The van der Waals surface area contributed by atoms with Crippen molar-refractivity contribution in [3.63, 3.8) is 0 Å². The molecule has 0 aliphatic carbocycles. The van der Waals surface area contributed by atoms with Crippen molar-refractivity contribution in [2.45, 2.75) is 20.8 Å². The molecule has 1 aliphatic rings. The molecule has 0 aromatic heterocycles. The second kappa shape index (κ2) is 4.60. The summed E-state index contributed by atoms with van der Waals surface area (Å²) < 4.78 is 0. The number of nitrogens with zero attached hydrogens (tertiary/aromatic N) is 1. The molecule has 1 saturated heterocycles. The van der Waals surface area contributed by atoms with Crippen LogP contribution in [0.15, 0.2) is 0 Å². The van der Waals surface area contributed by atoms with Crippen LogP contribution in [-0.2, 0) is 0 Å². The first-order valence-corrected chi connectivity index (χ1v) is 3.25. The third-order valence-corrected chi connectivity index (χ3v) is 1.70. The summed E-state index contributed by atoms with van der Waals surface area (Å²) in [5.41, 5.74) is 0. The second-order valence-electron chi connectivity index (χ2n) is 2.96. The number of likely N-dealkylation sites (tertiary alicyclic amines) is 1. The minimum atomic E-state index is 0. The molecule has 0 atom stereocenters. The van der Waals surface area contributed by atoms with Gasteiger partial charge in [0.1, 0.15) is 0 Å². The van der Waals surface area contributed by atoms with E-state index in [2.05, 4.69) is 25.7 Å². The zero-order valence-corrected chi connectivity index (χ0v) is 11.9. The number of hydrogen-bond donors (Lipinski definition) is 0. The van der Waals surface area contributed by atoms with E-state index in [1.54, 1.807) is 0 Å². The molecule has 0 spiro atoms. The zero-order chi connectivity index (χ0) is 6.15. The van der Waals surface area contributed by atoms with Crippen molar-refractivity contribution in [1.29, 1.82) is 0 Å². The fourth-order valence-electron chi connectivity index (χ4n) is 1.06. The van der Waals surface area contributed by atoms with Gasteiger partial charge in [0.25, 0.3) is 0 Å². The van der Waals surface area contributed by atoms with Crippen molar-refractivity contribution in [2.75, 3.05) is 13.1 Å². The summed E-state index contributed by atoms with van der Waals surface area (Å²) in [5, 5.41) is 0. The Bertz CT molecular complexity index is 77.0. The third kappa shape index (κ3) is 3.11. The smallest absolute Gasteiger partial charge is 0.454 e.